The highest BCUT2D eigenvalue weighted by atomic mass is 16.4. The van der Waals surface area contributed by atoms with Crippen LogP contribution in [0.2, 0.25) is 0 Å². The summed E-state index contributed by atoms with van der Waals surface area (Å²) in [5.74, 6) is -10.1. The van der Waals surface area contributed by atoms with Gasteiger partial charge in [-0.2, -0.15) is 0 Å². The van der Waals surface area contributed by atoms with Crippen molar-refractivity contribution >= 4 is 41.6 Å². The summed E-state index contributed by atoms with van der Waals surface area (Å²) in [7, 11) is 0. The summed E-state index contributed by atoms with van der Waals surface area (Å²) in [5.41, 5.74) is 5.31. The molecule has 0 aromatic carbocycles. The zero-order chi connectivity index (χ0) is 24.3. The summed E-state index contributed by atoms with van der Waals surface area (Å²) in [6.07, 6.45) is -2.89. The Labute approximate surface area is 173 Å². The first-order chi connectivity index (χ1) is 14.3. The van der Waals surface area contributed by atoms with E-state index in [2.05, 4.69) is 0 Å². The number of aliphatic hydroxyl groups excluding tert-OH is 1. The number of amides is 3. The predicted molar refractivity (Wildman–Crippen MR) is 95.2 cm³/mol. The lowest BCUT2D eigenvalue weighted by Gasteiger charge is -2.23. The van der Waals surface area contributed by atoms with E-state index in [1.165, 1.54) is 0 Å². The Morgan fingerprint density at radius 2 is 1.00 bits per heavy atom. The fourth-order valence-electron chi connectivity index (χ4n) is 2.06. The van der Waals surface area contributed by atoms with Gasteiger partial charge in [-0.25, -0.2) is 4.79 Å². The van der Waals surface area contributed by atoms with E-state index in [4.69, 9.17) is 26.2 Å². The highest BCUT2D eigenvalue weighted by Crippen LogP contribution is 2.00. The Balaban J connectivity index is 5.32. The molecule has 0 saturated carbocycles. The van der Waals surface area contributed by atoms with E-state index in [1.807, 2.05) is 10.6 Å². The van der Waals surface area contributed by atoms with E-state index in [-0.39, 0.29) is 0 Å². The smallest absolute Gasteiger partial charge is 0.326 e. The van der Waals surface area contributed by atoms with Gasteiger partial charge < -0.3 is 47.2 Å². The van der Waals surface area contributed by atoms with E-state index in [0.29, 0.717) is 0 Å². The van der Waals surface area contributed by atoms with Gasteiger partial charge in [0.05, 0.1) is 31.9 Å². The van der Waals surface area contributed by atoms with Crippen molar-refractivity contribution in [2.75, 3.05) is 6.61 Å². The number of hydrogen-bond donors (Lipinski definition) is 9. The lowest BCUT2D eigenvalue weighted by atomic mass is 10.1. The summed E-state index contributed by atoms with van der Waals surface area (Å²) in [4.78, 5) is 79.5. The average Bonchev–Trinajstić information content (AvgIpc) is 2.62. The molecule has 0 aromatic rings. The molecule has 10 N–H and O–H groups in total. The van der Waals surface area contributed by atoms with Crippen LogP contribution in [0.1, 0.15) is 19.3 Å². The van der Waals surface area contributed by atoms with Crippen molar-refractivity contribution in [2.45, 2.75) is 43.4 Å². The minimum Gasteiger partial charge on any atom is -0.481 e. The molecule has 16 heteroatoms. The maximum Gasteiger partial charge on any atom is 0.326 e. The SMILES string of the molecule is NC(CC(=O)O)C(=O)NC(CO)C(=O)NC(CC(=O)O)C(=O)NC(CC(=O)O)C(=O)O. The zero-order valence-corrected chi connectivity index (χ0v) is 15.8. The number of carbonyl (C=O) groups is 7. The van der Waals surface area contributed by atoms with Crippen molar-refractivity contribution in [3.8, 4) is 0 Å². The van der Waals surface area contributed by atoms with Crippen LogP contribution in [0, 0.1) is 0 Å². The van der Waals surface area contributed by atoms with Crippen LogP contribution in [0.25, 0.3) is 0 Å². The van der Waals surface area contributed by atoms with Gasteiger partial charge in [-0.1, -0.05) is 0 Å². The molecule has 31 heavy (non-hydrogen) atoms. The molecule has 0 rings (SSSR count). The van der Waals surface area contributed by atoms with Crippen molar-refractivity contribution < 1.29 is 59.1 Å². The molecule has 0 fully saturated rings. The highest BCUT2D eigenvalue weighted by molar-refractivity contribution is 5.96. The van der Waals surface area contributed by atoms with Crippen LogP contribution < -0.4 is 21.7 Å². The van der Waals surface area contributed by atoms with Crippen molar-refractivity contribution in [1.29, 1.82) is 0 Å². The van der Waals surface area contributed by atoms with E-state index in [0.717, 1.165) is 0 Å². The summed E-state index contributed by atoms with van der Waals surface area (Å²) in [6.45, 7) is -1.05. The minimum atomic E-state index is -1.93. The maximum atomic E-state index is 12.2. The first-order valence-corrected chi connectivity index (χ1v) is 8.44. The van der Waals surface area contributed by atoms with Crippen LogP contribution in [0.5, 0.6) is 0 Å². The third-order valence-corrected chi connectivity index (χ3v) is 3.55. The first kappa shape index (κ1) is 27.2. The Morgan fingerprint density at radius 1 is 0.613 bits per heavy atom. The second kappa shape index (κ2) is 12.7. The Hall–Kier alpha value is -3.79. The third kappa shape index (κ3) is 10.5. The fourth-order valence-corrected chi connectivity index (χ4v) is 2.06. The molecule has 4 atom stereocenters. The molecule has 0 spiro atoms. The molecule has 4 unspecified atom stereocenters. The largest absolute Gasteiger partial charge is 0.481 e. The molecule has 174 valence electrons. The van der Waals surface area contributed by atoms with E-state index >= 15 is 0 Å². The molecule has 0 aliphatic rings. The van der Waals surface area contributed by atoms with Crippen LogP contribution in [-0.2, 0) is 33.6 Å². The van der Waals surface area contributed by atoms with Crippen molar-refractivity contribution in [2.24, 2.45) is 5.73 Å². The molecule has 0 aliphatic heterocycles. The second-order valence-electron chi connectivity index (χ2n) is 6.10. The summed E-state index contributed by atoms with van der Waals surface area (Å²) in [6, 6.07) is -7.17. The van der Waals surface area contributed by atoms with Gasteiger partial charge in [-0.15, -0.1) is 0 Å². The number of rotatable bonds is 14. The lowest BCUT2D eigenvalue weighted by molar-refractivity contribution is -0.148. The van der Waals surface area contributed by atoms with Crippen molar-refractivity contribution in [3.05, 3.63) is 0 Å². The molecule has 0 bridgehead atoms. The van der Waals surface area contributed by atoms with Crippen LogP contribution in [-0.4, -0.2) is 97.9 Å². The highest BCUT2D eigenvalue weighted by Gasteiger charge is 2.32. The van der Waals surface area contributed by atoms with Crippen LogP contribution in [0.3, 0.4) is 0 Å². The van der Waals surface area contributed by atoms with E-state index in [9.17, 15) is 38.7 Å². The Kier molecular flexibility index (Phi) is 11.2. The number of nitrogens with one attached hydrogen (secondary N) is 3. The van der Waals surface area contributed by atoms with Gasteiger partial charge in [0, 0.05) is 0 Å². The number of carboxylic acids is 4. The van der Waals surface area contributed by atoms with Gasteiger partial charge in [0.15, 0.2) is 0 Å². The standard InChI is InChI=1S/C15H22N4O12/c16-5(1-9(21)22)12(27)19-8(4-20)14(29)17-6(2-10(23)24)13(28)18-7(15(30)31)3-11(25)26/h5-8,20H,1-4,16H2,(H,17,29)(H,18,28)(H,19,27)(H,21,22)(H,23,24)(H,25,26)(H,30,31). The third-order valence-electron chi connectivity index (χ3n) is 3.55. The number of carboxylic acid groups (broad SMARTS) is 4. The van der Waals surface area contributed by atoms with E-state index < -0.39 is 91.6 Å². The monoisotopic (exact) mass is 450 g/mol. The molecule has 0 saturated heterocycles. The fraction of sp³-hybridized carbons (Fsp3) is 0.533. The van der Waals surface area contributed by atoms with Gasteiger partial charge in [0.25, 0.3) is 0 Å². The van der Waals surface area contributed by atoms with E-state index in [1.54, 1.807) is 5.32 Å². The van der Waals surface area contributed by atoms with Gasteiger partial charge in [-0.3, -0.25) is 28.8 Å². The topological polar surface area (TPSA) is 283 Å². The molecule has 3 amide bonds. The van der Waals surface area contributed by atoms with Gasteiger partial charge in [-0.05, 0) is 0 Å². The van der Waals surface area contributed by atoms with Crippen LogP contribution >= 0.6 is 0 Å². The minimum absolute atomic E-state index is 0.796. The number of carbonyl (C=O) groups excluding carboxylic acids is 3. The Bertz CT molecular complexity index is 740. The molecular formula is C15H22N4O12. The van der Waals surface area contributed by atoms with Gasteiger partial charge >= 0.3 is 23.9 Å². The van der Waals surface area contributed by atoms with Crippen molar-refractivity contribution in [1.82, 2.24) is 16.0 Å². The molecule has 0 aromatic heterocycles. The average molecular weight is 450 g/mol. The second-order valence-corrected chi connectivity index (χ2v) is 6.10. The number of aliphatic carboxylic acids is 4. The normalized spacial score (nSPS) is 14.3. The van der Waals surface area contributed by atoms with Gasteiger partial charge in [0.1, 0.15) is 18.1 Å². The summed E-state index contributed by atoms with van der Waals surface area (Å²) in [5, 5.41) is 49.9. The lowest BCUT2D eigenvalue weighted by Crippen LogP contribution is -2.58. The molecular weight excluding hydrogens is 428 g/mol. The molecule has 0 radical (unpaired) electrons. The molecule has 0 heterocycles. The first-order valence-electron chi connectivity index (χ1n) is 8.44. The quantitative estimate of drug-likeness (QED) is 0.120. The summed E-state index contributed by atoms with van der Waals surface area (Å²) >= 11 is 0. The number of aliphatic hydroxyl groups is 1. The van der Waals surface area contributed by atoms with Crippen LogP contribution in [0.4, 0.5) is 0 Å². The zero-order valence-electron chi connectivity index (χ0n) is 15.8. The number of nitrogens with two attached hydrogens (primary N) is 1. The molecule has 0 aliphatic carbocycles. The van der Waals surface area contributed by atoms with Gasteiger partial charge in [0.2, 0.25) is 17.7 Å². The number of hydrogen-bond acceptors (Lipinski definition) is 9. The molecule has 16 nitrogen and oxygen atoms in total. The predicted octanol–water partition coefficient (Wildman–Crippen LogP) is -4.73. The summed E-state index contributed by atoms with van der Waals surface area (Å²) < 4.78 is 0. The van der Waals surface area contributed by atoms with Crippen molar-refractivity contribution in [3.63, 3.8) is 0 Å². The Morgan fingerprint density at radius 3 is 1.42 bits per heavy atom. The van der Waals surface area contributed by atoms with Crippen LogP contribution in [0.15, 0.2) is 0 Å². The maximum absolute atomic E-state index is 12.2.